The second-order valence-corrected chi connectivity index (χ2v) is 7.10. The van der Waals surface area contributed by atoms with E-state index in [2.05, 4.69) is 28.5 Å². The summed E-state index contributed by atoms with van der Waals surface area (Å²) >= 11 is 0. The van der Waals surface area contributed by atoms with Crippen molar-refractivity contribution in [2.45, 2.75) is 26.1 Å². The standard InChI is InChI=1S/C17H28N6O3/c1-13-11-23(12-14(2)26-13)17-19-15(21-3-7-24-8-4-21)18-16(20-17)22-5-9-25-10-6-22/h13-14H,3-12H2,1-2H3. The van der Waals surface area contributed by atoms with E-state index in [0.717, 1.165) is 57.1 Å². The van der Waals surface area contributed by atoms with Crippen molar-refractivity contribution < 1.29 is 14.2 Å². The molecule has 0 saturated carbocycles. The number of rotatable bonds is 3. The Balaban J connectivity index is 1.64. The zero-order chi connectivity index (χ0) is 17.9. The van der Waals surface area contributed by atoms with Gasteiger partial charge in [-0.15, -0.1) is 0 Å². The van der Waals surface area contributed by atoms with Gasteiger partial charge in [0.1, 0.15) is 0 Å². The van der Waals surface area contributed by atoms with E-state index >= 15 is 0 Å². The molecule has 26 heavy (non-hydrogen) atoms. The van der Waals surface area contributed by atoms with Gasteiger partial charge in [0.05, 0.1) is 38.6 Å². The molecule has 1 aromatic rings. The van der Waals surface area contributed by atoms with Crippen LogP contribution in [-0.4, -0.2) is 92.9 Å². The summed E-state index contributed by atoms with van der Waals surface area (Å²) in [6.45, 7) is 11.8. The molecule has 0 spiro atoms. The molecule has 9 heteroatoms. The van der Waals surface area contributed by atoms with E-state index in [1.165, 1.54) is 0 Å². The van der Waals surface area contributed by atoms with Gasteiger partial charge in [-0.1, -0.05) is 0 Å². The Bertz CT molecular complexity index is 560. The predicted octanol–water partition coefficient (Wildman–Crippen LogP) is 0.158. The van der Waals surface area contributed by atoms with E-state index in [1.54, 1.807) is 0 Å². The predicted molar refractivity (Wildman–Crippen MR) is 98.1 cm³/mol. The quantitative estimate of drug-likeness (QED) is 0.745. The molecule has 0 N–H and O–H groups in total. The number of hydrogen-bond donors (Lipinski definition) is 0. The van der Waals surface area contributed by atoms with Crippen molar-refractivity contribution in [1.29, 1.82) is 0 Å². The van der Waals surface area contributed by atoms with Gasteiger partial charge < -0.3 is 28.9 Å². The third kappa shape index (κ3) is 3.99. The maximum Gasteiger partial charge on any atom is 0.232 e. The molecule has 3 saturated heterocycles. The largest absolute Gasteiger partial charge is 0.378 e. The van der Waals surface area contributed by atoms with E-state index in [-0.39, 0.29) is 12.2 Å². The SMILES string of the molecule is CC1CN(c2nc(N3CCOCC3)nc(N3CCOCC3)n2)CC(C)O1. The topological polar surface area (TPSA) is 76.1 Å². The van der Waals surface area contributed by atoms with Crippen LogP contribution in [0, 0.1) is 0 Å². The van der Waals surface area contributed by atoms with Crippen molar-refractivity contribution in [3.63, 3.8) is 0 Å². The summed E-state index contributed by atoms with van der Waals surface area (Å²) in [6.07, 6.45) is 0.323. The third-order valence-electron chi connectivity index (χ3n) is 4.89. The van der Waals surface area contributed by atoms with Crippen LogP contribution in [-0.2, 0) is 14.2 Å². The average molecular weight is 364 g/mol. The number of hydrogen-bond acceptors (Lipinski definition) is 9. The highest BCUT2D eigenvalue weighted by atomic mass is 16.5. The highest BCUT2D eigenvalue weighted by molar-refractivity contribution is 5.47. The summed E-state index contributed by atoms with van der Waals surface area (Å²) in [5, 5.41) is 0. The zero-order valence-corrected chi connectivity index (χ0v) is 15.6. The number of nitrogens with zero attached hydrogens (tertiary/aromatic N) is 6. The minimum atomic E-state index is 0.161. The van der Waals surface area contributed by atoms with Crippen LogP contribution in [0.1, 0.15) is 13.8 Å². The van der Waals surface area contributed by atoms with Crippen molar-refractivity contribution >= 4 is 17.8 Å². The van der Waals surface area contributed by atoms with Crippen LogP contribution in [0.2, 0.25) is 0 Å². The van der Waals surface area contributed by atoms with Crippen LogP contribution in [0.5, 0.6) is 0 Å². The fourth-order valence-electron chi connectivity index (χ4n) is 3.64. The molecular formula is C17H28N6O3. The summed E-state index contributed by atoms with van der Waals surface area (Å²) in [6, 6.07) is 0. The van der Waals surface area contributed by atoms with Crippen LogP contribution in [0.15, 0.2) is 0 Å². The Hall–Kier alpha value is -1.71. The van der Waals surface area contributed by atoms with E-state index in [4.69, 9.17) is 29.2 Å². The third-order valence-corrected chi connectivity index (χ3v) is 4.89. The first-order chi connectivity index (χ1) is 12.7. The molecule has 0 radical (unpaired) electrons. The number of aromatic nitrogens is 3. The first-order valence-electron chi connectivity index (χ1n) is 9.51. The monoisotopic (exact) mass is 364 g/mol. The molecular weight excluding hydrogens is 336 g/mol. The van der Waals surface area contributed by atoms with Gasteiger partial charge in [-0.3, -0.25) is 0 Å². The fourth-order valence-corrected chi connectivity index (χ4v) is 3.64. The molecule has 0 aromatic carbocycles. The Morgan fingerprint density at radius 3 is 1.46 bits per heavy atom. The highest BCUT2D eigenvalue weighted by Gasteiger charge is 2.27. The molecule has 3 aliphatic heterocycles. The van der Waals surface area contributed by atoms with Crippen molar-refractivity contribution in [2.75, 3.05) is 80.4 Å². The van der Waals surface area contributed by atoms with Crippen LogP contribution in [0.3, 0.4) is 0 Å². The Kier molecular flexibility index (Phi) is 5.37. The van der Waals surface area contributed by atoms with Gasteiger partial charge in [-0.2, -0.15) is 15.0 Å². The Morgan fingerprint density at radius 1 is 0.654 bits per heavy atom. The first-order valence-corrected chi connectivity index (χ1v) is 9.51. The Labute approximate surface area is 154 Å². The van der Waals surface area contributed by atoms with Crippen LogP contribution in [0.4, 0.5) is 17.8 Å². The lowest BCUT2D eigenvalue weighted by Crippen LogP contribution is -2.47. The molecule has 0 bridgehead atoms. The van der Waals surface area contributed by atoms with Gasteiger partial charge in [0.2, 0.25) is 17.8 Å². The normalized spacial score (nSPS) is 27.7. The summed E-state index contributed by atoms with van der Waals surface area (Å²) in [7, 11) is 0. The second-order valence-electron chi connectivity index (χ2n) is 7.10. The molecule has 4 rings (SSSR count). The summed E-state index contributed by atoms with van der Waals surface area (Å²) in [4.78, 5) is 21.0. The van der Waals surface area contributed by atoms with Gasteiger partial charge in [0.15, 0.2) is 0 Å². The minimum Gasteiger partial charge on any atom is -0.378 e. The maximum absolute atomic E-state index is 5.86. The molecule has 3 fully saturated rings. The molecule has 2 unspecified atom stereocenters. The first kappa shape index (κ1) is 17.7. The van der Waals surface area contributed by atoms with E-state index in [1.807, 2.05) is 0 Å². The van der Waals surface area contributed by atoms with Crippen molar-refractivity contribution in [3.05, 3.63) is 0 Å². The van der Waals surface area contributed by atoms with Crippen molar-refractivity contribution in [1.82, 2.24) is 15.0 Å². The summed E-state index contributed by atoms with van der Waals surface area (Å²) < 4.78 is 16.8. The van der Waals surface area contributed by atoms with E-state index < -0.39 is 0 Å². The number of anilines is 3. The van der Waals surface area contributed by atoms with Gasteiger partial charge in [0.25, 0.3) is 0 Å². The summed E-state index contributed by atoms with van der Waals surface area (Å²) in [5.74, 6) is 2.23. The van der Waals surface area contributed by atoms with Crippen LogP contribution < -0.4 is 14.7 Å². The van der Waals surface area contributed by atoms with Gasteiger partial charge >= 0.3 is 0 Å². The molecule has 1 aromatic heterocycles. The maximum atomic E-state index is 5.86. The van der Waals surface area contributed by atoms with E-state index in [9.17, 15) is 0 Å². The minimum absolute atomic E-state index is 0.161. The second kappa shape index (κ2) is 7.89. The van der Waals surface area contributed by atoms with Gasteiger partial charge in [-0.05, 0) is 13.8 Å². The summed E-state index contributed by atoms with van der Waals surface area (Å²) in [5.41, 5.74) is 0. The molecule has 2 atom stereocenters. The van der Waals surface area contributed by atoms with Crippen LogP contribution >= 0.6 is 0 Å². The van der Waals surface area contributed by atoms with Crippen molar-refractivity contribution in [3.8, 4) is 0 Å². The van der Waals surface area contributed by atoms with Gasteiger partial charge in [0, 0.05) is 39.3 Å². The number of morpholine rings is 3. The number of ether oxygens (including phenoxy) is 3. The molecule has 3 aliphatic rings. The Morgan fingerprint density at radius 2 is 1.04 bits per heavy atom. The molecule has 0 amide bonds. The lowest BCUT2D eigenvalue weighted by atomic mass is 10.2. The van der Waals surface area contributed by atoms with Gasteiger partial charge in [-0.25, -0.2) is 0 Å². The lowest BCUT2D eigenvalue weighted by molar-refractivity contribution is -0.00572. The van der Waals surface area contributed by atoms with Crippen LogP contribution in [0.25, 0.3) is 0 Å². The molecule has 144 valence electrons. The van der Waals surface area contributed by atoms with E-state index in [0.29, 0.717) is 26.4 Å². The smallest absolute Gasteiger partial charge is 0.232 e. The average Bonchev–Trinajstić information content (AvgIpc) is 2.68. The van der Waals surface area contributed by atoms with Crippen molar-refractivity contribution in [2.24, 2.45) is 0 Å². The molecule has 9 nitrogen and oxygen atoms in total. The fraction of sp³-hybridized carbons (Fsp3) is 0.824. The molecule has 4 heterocycles. The highest BCUT2D eigenvalue weighted by Crippen LogP contribution is 2.23. The molecule has 0 aliphatic carbocycles. The lowest BCUT2D eigenvalue weighted by Gasteiger charge is -2.36. The zero-order valence-electron chi connectivity index (χ0n) is 15.6.